The Hall–Kier alpha value is -1.21. The number of carbonyl (C=O) groups excluding carboxylic acids is 2. The van der Waals surface area contributed by atoms with Crippen LogP contribution >= 0.6 is 7.82 Å². The van der Waals surface area contributed by atoms with Crippen LogP contribution in [0, 0.1) is 0 Å². The molecular weight excluding hydrogens is 387 g/mol. The van der Waals surface area contributed by atoms with Crippen LogP contribution in [0.2, 0.25) is 0 Å². The molecule has 0 bridgehead atoms. The van der Waals surface area contributed by atoms with Gasteiger partial charge < -0.3 is 19.3 Å². The molecule has 0 spiro atoms. The molecule has 0 rings (SSSR count). The Bertz CT molecular complexity index is 500. The molecule has 0 amide bonds. The van der Waals surface area contributed by atoms with Crippen molar-refractivity contribution in [2.24, 2.45) is 0 Å². The minimum absolute atomic E-state index is 0.147. The second-order valence-electron chi connectivity index (χ2n) is 6.50. The van der Waals surface area contributed by atoms with Gasteiger partial charge in [-0.25, -0.2) is 4.57 Å². The van der Waals surface area contributed by atoms with Crippen LogP contribution < -0.4 is 0 Å². The van der Waals surface area contributed by atoms with Gasteiger partial charge in [0.05, 0.1) is 6.61 Å². The molecular formula is C19H35O8P. The molecule has 0 aromatic carbocycles. The maximum Gasteiger partial charge on any atom is 0.469 e. The van der Waals surface area contributed by atoms with Gasteiger partial charge >= 0.3 is 19.8 Å². The lowest BCUT2D eigenvalue weighted by Gasteiger charge is -2.18. The zero-order valence-corrected chi connectivity index (χ0v) is 17.9. The van der Waals surface area contributed by atoms with E-state index in [1.165, 1.54) is 6.42 Å². The lowest BCUT2D eigenvalue weighted by molar-refractivity contribution is -0.161. The van der Waals surface area contributed by atoms with Crippen molar-refractivity contribution in [2.45, 2.75) is 84.2 Å². The van der Waals surface area contributed by atoms with Crippen LogP contribution in [0.25, 0.3) is 0 Å². The topological polar surface area (TPSA) is 119 Å². The fourth-order valence-electron chi connectivity index (χ4n) is 2.29. The van der Waals surface area contributed by atoms with E-state index in [4.69, 9.17) is 19.3 Å². The highest BCUT2D eigenvalue weighted by Gasteiger charge is 2.22. The molecule has 0 heterocycles. The van der Waals surface area contributed by atoms with E-state index in [-0.39, 0.29) is 19.4 Å². The molecule has 9 heteroatoms. The number of esters is 2. The number of allylic oxidation sites excluding steroid dienone is 2. The molecule has 0 aliphatic carbocycles. The number of ether oxygens (including phenoxy) is 2. The Morgan fingerprint density at radius 1 is 0.929 bits per heavy atom. The molecule has 8 nitrogen and oxygen atoms in total. The average Bonchev–Trinajstić information content (AvgIpc) is 2.64. The Morgan fingerprint density at radius 2 is 1.57 bits per heavy atom. The minimum Gasteiger partial charge on any atom is -0.462 e. The Labute approximate surface area is 167 Å². The van der Waals surface area contributed by atoms with E-state index in [0.717, 1.165) is 38.5 Å². The summed E-state index contributed by atoms with van der Waals surface area (Å²) in [6.07, 6.45) is 11.9. The number of phosphoric acid groups is 1. The van der Waals surface area contributed by atoms with Gasteiger partial charge in [0.15, 0.2) is 6.10 Å². The molecule has 0 radical (unpaired) electrons. The number of rotatable bonds is 17. The highest BCUT2D eigenvalue weighted by atomic mass is 31.2. The van der Waals surface area contributed by atoms with E-state index in [2.05, 4.69) is 23.6 Å². The molecule has 0 aliphatic heterocycles. The lowest BCUT2D eigenvalue weighted by atomic mass is 10.1. The van der Waals surface area contributed by atoms with Gasteiger partial charge in [0.25, 0.3) is 0 Å². The summed E-state index contributed by atoms with van der Waals surface area (Å²) >= 11 is 0. The van der Waals surface area contributed by atoms with Crippen molar-refractivity contribution >= 4 is 19.8 Å². The van der Waals surface area contributed by atoms with Crippen LogP contribution in [0.5, 0.6) is 0 Å². The van der Waals surface area contributed by atoms with E-state index in [9.17, 15) is 14.2 Å². The Morgan fingerprint density at radius 3 is 2.21 bits per heavy atom. The first-order valence-electron chi connectivity index (χ1n) is 9.98. The van der Waals surface area contributed by atoms with E-state index >= 15 is 0 Å². The summed E-state index contributed by atoms with van der Waals surface area (Å²) in [5.41, 5.74) is 0. The van der Waals surface area contributed by atoms with E-state index in [1.54, 1.807) is 6.92 Å². The number of carbonyl (C=O) groups is 2. The summed E-state index contributed by atoms with van der Waals surface area (Å²) in [5, 5.41) is 0. The molecule has 0 aromatic rings. The van der Waals surface area contributed by atoms with Crippen LogP contribution in [0.4, 0.5) is 0 Å². The SMILES string of the molecule is CCC/C=C\CCCCCCCC(=O)OC(COC(=O)CC)COP(=O)(O)O. The molecule has 164 valence electrons. The van der Waals surface area contributed by atoms with Gasteiger partial charge in [0.1, 0.15) is 6.61 Å². The first-order valence-corrected chi connectivity index (χ1v) is 11.5. The number of hydrogen-bond donors (Lipinski definition) is 2. The van der Waals surface area contributed by atoms with Crippen LogP contribution in [0.1, 0.15) is 78.1 Å². The Balaban J connectivity index is 4.01. The van der Waals surface area contributed by atoms with Crippen molar-refractivity contribution in [3.63, 3.8) is 0 Å². The van der Waals surface area contributed by atoms with Crippen LogP contribution in [-0.4, -0.2) is 41.0 Å². The smallest absolute Gasteiger partial charge is 0.462 e. The third-order valence-corrected chi connectivity index (χ3v) is 4.30. The fraction of sp³-hybridized carbons (Fsp3) is 0.789. The van der Waals surface area contributed by atoms with Gasteiger partial charge in [-0.3, -0.25) is 14.1 Å². The zero-order chi connectivity index (χ0) is 21.3. The van der Waals surface area contributed by atoms with Gasteiger partial charge in [-0.2, -0.15) is 0 Å². The third-order valence-electron chi connectivity index (χ3n) is 3.82. The van der Waals surface area contributed by atoms with Gasteiger partial charge in [-0.1, -0.05) is 51.7 Å². The van der Waals surface area contributed by atoms with E-state index < -0.39 is 32.5 Å². The van der Waals surface area contributed by atoms with Crippen LogP contribution in [-0.2, 0) is 28.2 Å². The van der Waals surface area contributed by atoms with Crippen molar-refractivity contribution in [1.82, 2.24) is 0 Å². The predicted octanol–water partition coefficient (Wildman–Crippen LogP) is 4.05. The predicted molar refractivity (Wildman–Crippen MR) is 105 cm³/mol. The number of phosphoric ester groups is 1. The largest absolute Gasteiger partial charge is 0.469 e. The molecule has 0 saturated heterocycles. The van der Waals surface area contributed by atoms with Crippen molar-refractivity contribution < 1.29 is 37.9 Å². The third kappa shape index (κ3) is 18.2. The zero-order valence-electron chi connectivity index (χ0n) is 17.0. The Kier molecular flexibility index (Phi) is 16.0. The van der Waals surface area contributed by atoms with Gasteiger partial charge in [-0.15, -0.1) is 0 Å². The molecule has 1 unspecified atom stereocenters. The summed E-state index contributed by atoms with van der Waals surface area (Å²) in [5.74, 6) is -1.00. The molecule has 28 heavy (non-hydrogen) atoms. The van der Waals surface area contributed by atoms with E-state index in [0.29, 0.717) is 6.42 Å². The van der Waals surface area contributed by atoms with Crippen LogP contribution in [0.15, 0.2) is 12.2 Å². The summed E-state index contributed by atoms with van der Waals surface area (Å²) in [6.45, 7) is 2.92. The van der Waals surface area contributed by atoms with Crippen molar-refractivity contribution in [2.75, 3.05) is 13.2 Å². The highest BCUT2D eigenvalue weighted by molar-refractivity contribution is 7.46. The second kappa shape index (κ2) is 16.7. The molecule has 0 aromatic heterocycles. The molecule has 0 fully saturated rings. The summed E-state index contributed by atoms with van der Waals surface area (Å²) < 4.78 is 25.2. The normalized spacial score (nSPS) is 12.9. The molecule has 1 atom stereocenters. The summed E-state index contributed by atoms with van der Waals surface area (Å²) in [4.78, 5) is 40.6. The number of hydrogen-bond acceptors (Lipinski definition) is 6. The highest BCUT2D eigenvalue weighted by Crippen LogP contribution is 2.35. The second-order valence-corrected chi connectivity index (χ2v) is 7.74. The summed E-state index contributed by atoms with van der Waals surface area (Å²) in [7, 11) is -4.70. The van der Waals surface area contributed by atoms with Crippen molar-refractivity contribution in [3.05, 3.63) is 12.2 Å². The van der Waals surface area contributed by atoms with Crippen molar-refractivity contribution in [1.29, 1.82) is 0 Å². The molecule has 2 N–H and O–H groups in total. The first-order chi connectivity index (χ1) is 13.3. The summed E-state index contributed by atoms with van der Waals surface area (Å²) in [6, 6.07) is 0. The minimum atomic E-state index is -4.70. The van der Waals surface area contributed by atoms with E-state index in [1.807, 2.05) is 0 Å². The van der Waals surface area contributed by atoms with Gasteiger partial charge in [0, 0.05) is 12.8 Å². The molecule has 0 saturated carbocycles. The molecule has 0 aliphatic rings. The van der Waals surface area contributed by atoms with Crippen molar-refractivity contribution in [3.8, 4) is 0 Å². The maximum atomic E-state index is 11.9. The monoisotopic (exact) mass is 422 g/mol. The maximum absolute atomic E-state index is 11.9. The van der Waals surface area contributed by atoms with Crippen LogP contribution in [0.3, 0.4) is 0 Å². The first kappa shape index (κ1) is 26.8. The van der Waals surface area contributed by atoms with Gasteiger partial charge in [0.2, 0.25) is 0 Å². The fourth-order valence-corrected chi connectivity index (χ4v) is 2.65. The lowest BCUT2D eigenvalue weighted by Crippen LogP contribution is -2.29. The van der Waals surface area contributed by atoms with Gasteiger partial charge in [-0.05, 0) is 25.7 Å². The average molecular weight is 422 g/mol. The number of unbranched alkanes of at least 4 members (excludes halogenated alkanes) is 6. The quantitative estimate of drug-likeness (QED) is 0.156. The standard InChI is InChI=1S/C19H35O8P/c1-3-5-6-7-8-9-10-11-12-13-14-19(21)27-17(15-25-18(20)4-2)16-26-28(22,23)24/h6-7,17H,3-5,8-16H2,1-2H3,(H2,22,23,24)/b7-6-.